The van der Waals surface area contributed by atoms with Crippen LogP contribution in [0, 0.1) is 11.8 Å². The molecule has 0 aliphatic heterocycles. The van der Waals surface area contributed by atoms with Crippen LogP contribution in [0.25, 0.3) is 0 Å². The highest BCUT2D eigenvalue weighted by Crippen LogP contribution is 2.08. The van der Waals surface area contributed by atoms with E-state index in [-0.39, 0.29) is 12.3 Å². The van der Waals surface area contributed by atoms with Crippen LogP contribution in [0.1, 0.15) is 47.0 Å². The molecule has 0 saturated carbocycles. The second kappa shape index (κ2) is 14.7. The molecule has 3 amide bonds. The van der Waals surface area contributed by atoms with Crippen LogP contribution in [0.4, 0.5) is 0 Å². The van der Waals surface area contributed by atoms with Gasteiger partial charge in [-0.05, 0) is 30.3 Å². The molecule has 0 heterocycles. The van der Waals surface area contributed by atoms with Crippen LogP contribution in [0.15, 0.2) is 0 Å². The first-order chi connectivity index (χ1) is 14.8. The van der Waals surface area contributed by atoms with Crippen LogP contribution in [0.2, 0.25) is 0 Å². The van der Waals surface area contributed by atoms with Gasteiger partial charge in [-0.1, -0.05) is 34.1 Å². The van der Waals surface area contributed by atoms with Gasteiger partial charge >= 0.3 is 11.9 Å². The number of nitrogens with one attached hydrogen (secondary N) is 3. The summed E-state index contributed by atoms with van der Waals surface area (Å²) < 4.78 is 0. The summed E-state index contributed by atoms with van der Waals surface area (Å²) in [7, 11) is 0. The molecule has 0 bridgehead atoms. The molecule has 0 radical (unpaired) electrons. The molecule has 0 spiro atoms. The lowest BCUT2D eigenvalue weighted by molar-refractivity contribution is -0.144. The molecule has 184 valence electrons. The second-order valence-corrected chi connectivity index (χ2v) is 8.97. The van der Waals surface area contributed by atoms with Crippen molar-refractivity contribution in [3.63, 3.8) is 0 Å². The predicted molar refractivity (Wildman–Crippen MR) is 121 cm³/mol. The molecule has 12 heteroatoms. The molecule has 0 aliphatic carbocycles. The third-order valence-corrected chi connectivity index (χ3v) is 5.69. The smallest absolute Gasteiger partial charge is 0.326 e. The van der Waals surface area contributed by atoms with Gasteiger partial charge in [-0.3, -0.25) is 19.2 Å². The number of hydrogen-bond acceptors (Lipinski definition) is 7. The molecular formula is C20H36N4O7S. The number of carbonyl (C=O) groups excluding carboxylic acids is 3. The SMILES string of the molecule is CCC(C)C(N)C(=O)NC(CCSC)C(=O)NC(CC(=O)O)C(=O)NC(C(=O)O)C(C)C. The summed E-state index contributed by atoms with van der Waals surface area (Å²) >= 11 is 1.44. The van der Waals surface area contributed by atoms with Gasteiger partial charge in [-0.15, -0.1) is 0 Å². The van der Waals surface area contributed by atoms with Crippen molar-refractivity contribution in [3.8, 4) is 0 Å². The molecule has 5 atom stereocenters. The Morgan fingerprint density at radius 3 is 1.88 bits per heavy atom. The Morgan fingerprint density at radius 1 is 0.906 bits per heavy atom. The molecule has 0 aromatic carbocycles. The van der Waals surface area contributed by atoms with Crippen LogP contribution < -0.4 is 21.7 Å². The summed E-state index contributed by atoms with van der Waals surface area (Å²) in [4.78, 5) is 60.4. The highest BCUT2D eigenvalue weighted by atomic mass is 32.2. The van der Waals surface area contributed by atoms with E-state index < -0.39 is 66.2 Å². The fourth-order valence-electron chi connectivity index (χ4n) is 2.71. The zero-order chi connectivity index (χ0) is 25.0. The second-order valence-electron chi connectivity index (χ2n) is 7.98. The minimum atomic E-state index is -1.52. The van der Waals surface area contributed by atoms with E-state index in [1.807, 2.05) is 20.1 Å². The van der Waals surface area contributed by atoms with Crippen LogP contribution in [-0.4, -0.2) is 76.0 Å². The van der Waals surface area contributed by atoms with Gasteiger partial charge in [0.1, 0.15) is 18.1 Å². The van der Waals surface area contributed by atoms with E-state index in [0.717, 1.165) is 0 Å². The van der Waals surface area contributed by atoms with Crippen molar-refractivity contribution in [1.29, 1.82) is 0 Å². The number of amides is 3. The number of aliphatic carboxylic acids is 2. The Labute approximate surface area is 192 Å². The maximum Gasteiger partial charge on any atom is 0.326 e. The van der Waals surface area contributed by atoms with E-state index in [4.69, 9.17) is 10.8 Å². The summed E-state index contributed by atoms with van der Waals surface area (Å²) in [6.45, 7) is 6.85. The molecule has 32 heavy (non-hydrogen) atoms. The number of rotatable bonds is 15. The summed E-state index contributed by atoms with van der Waals surface area (Å²) in [6.07, 6.45) is 1.97. The average molecular weight is 477 g/mol. The molecule has 0 saturated heterocycles. The predicted octanol–water partition coefficient (Wildman–Crippen LogP) is -0.217. The molecule has 11 nitrogen and oxygen atoms in total. The molecule has 0 aromatic rings. The van der Waals surface area contributed by atoms with Gasteiger partial charge in [0.2, 0.25) is 17.7 Å². The van der Waals surface area contributed by atoms with Crippen molar-refractivity contribution in [2.45, 2.75) is 71.1 Å². The first-order valence-corrected chi connectivity index (χ1v) is 11.8. The van der Waals surface area contributed by atoms with Crippen molar-refractivity contribution >= 4 is 41.4 Å². The third-order valence-electron chi connectivity index (χ3n) is 5.05. The van der Waals surface area contributed by atoms with Crippen LogP contribution in [0.5, 0.6) is 0 Å². The topological polar surface area (TPSA) is 188 Å². The van der Waals surface area contributed by atoms with E-state index in [1.165, 1.54) is 11.8 Å². The lowest BCUT2D eigenvalue weighted by atomic mass is 9.99. The van der Waals surface area contributed by atoms with Gasteiger partial charge in [0.25, 0.3) is 0 Å². The summed E-state index contributed by atoms with van der Waals surface area (Å²) in [5, 5.41) is 25.6. The molecule has 0 aliphatic rings. The van der Waals surface area contributed by atoms with E-state index in [2.05, 4.69) is 16.0 Å². The van der Waals surface area contributed by atoms with E-state index in [1.54, 1.807) is 13.8 Å². The number of thioether (sulfide) groups is 1. The molecule has 7 N–H and O–H groups in total. The third kappa shape index (κ3) is 10.3. The van der Waals surface area contributed by atoms with Crippen LogP contribution >= 0.6 is 11.8 Å². The van der Waals surface area contributed by atoms with E-state index >= 15 is 0 Å². The quantitative estimate of drug-likeness (QED) is 0.186. The normalized spacial score (nSPS) is 15.7. The first kappa shape index (κ1) is 29.7. The molecule has 0 rings (SSSR count). The standard InChI is InChI=1S/C20H36N4O7S/c1-6-11(4)15(21)19(29)22-12(7-8-32-5)17(27)23-13(9-14(25)26)18(28)24-16(10(2)3)20(30)31/h10-13,15-16H,6-9,21H2,1-5H3,(H,22,29)(H,23,27)(H,24,28)(H,25,26)(H,30,31). The Kier molecular flexibility index (Phi) is 13.6. The summed E-state index contributed by atoms with van der Waals surface area (Å²) in [5.41, 5.74) is 5.93. The van der Waals surface area contributed by atoms with Gasteiger partial charge < -0.3 is 31.9 Å². The molecular weight excluding hydrogens is 440 g/mol. The Bertz CT molecular complexity index is 674. The van der Waals surface area contributed by atoms with E-state index in [0.29, 0.717) is 12.2 Å². The van der Waals surface area contributed by atoms with Gasteiger partial charge in [-0.2, -0.15) is 11.8 Å². The number of carboxylic acid groups (broad SMARTS) is 2. The summed E-state index contributed by atoms with van der Waals surface area (Å²) in [5.74, 6) is -4.91. The fraction of sp³-hybridized carbons (Fsp3) is 0.750. The van der Waals surface area contributed by atoms with Crippen molar-refractivity contribution in [1.82, 2.24) is 16.0 Å². The van der Waals surface area contributed by atoms with Gasteiger partial charge in [0.05, 0.1) is 12.5 Å². The Hall–Kier alpha value is -2.34. The fourth-order valence-corrected chi connectivity index (χ4v) is 3.18. The maximum absolute atomic E-state index is 12.8. The van der Waals surface area contributed by atoms with E-state index in [9.17, 15) is 29.1 Å². The first-order valence-electron chi connectivity index (χ1n) is 10.5. The van der Waals surface area contributed by atoms with Gasteiger partial charge in [-0.25, -0.2) is 4.79 Å². The van der Waals surface area contributed by atoms with Gasteiger partial charge in [0.15, 0.2) is 0 Å². The van der Waals surface area contributed by atoms with Crippen molar-refractivity contribution in [2.24, 2.45) is 17.6 Å². The largest absolute Gasteiger partial charge is 0.481 e. The van der Waals surface area contributed by atoms with Gasteiger partial charge in [0, 0.05) is 0 Å². The molecule has 0 fully saturated rings. The molecule has 0 aromatic heterocycles. The molecule has 5 unspecified atom stereocenters. The van der Waals surface area contributed by atoms with Crippen molar-refractivity contribution in [3.05, 3.63) is 0 Å². The monoisotopic (exact) mass is 476 g/mol. The number of carboxylic acids is 2. The zero-order valence-corrected chi connectivity index (χ0v) is 20.0. The lowest BCUT2D eigenvalue weighted by Crippen LogP contribution is -2.58. The van der Waals surface area contributed by atoms with Crippen LogP contribution in [-0.2, 0) is 24.0 Å². The number of carbonyl (C=O) groups is 5. The lowest BCUT2D eigenvalue weighted by Gasteiger charge is -2.26. The summed E-state index contributed by atoms with van der Waals surface area (Å²) in [6, 6.07) is -4.63. The van der Waals surface area contributed by atoms with Crippen molar-refractivity contribution < 1.29 is 34.2 Å². The Morgan fingerprint density at radius 2 is 1.44 bits per heavy atom. The zero-order valence-electron chi connectivity index (χ0n) is 19.2. The maximum atomic E-state index is 12.8. The highest BCUT2D eigenvalue weighted by Gasteiger charge is 2.32. The minimum Gasteiger partial charge on any atom is -0.481 e. The number of nitrogens with two attached hydrogens (primary N) is 1. The van der Waals surface area contributed by atoms with Crippen LogP contribution in [0.3, 0.4) is 0 Å². The highest BCUT2D eigenvalue weighted by molar-refractivity contribution is 7.98. The number of hydrogen-bond donors (Lipinski definition) is 6. The van der Waals surface area contributed by atoms with Crippen molar-refractivity contribution in [2.75, 3.05) is 12.0 Å². The average Bonchev–Trinajstić information content (AvgIpc) is 2.71. The Balaban J connectivity index is 5.51. The minimum absolute atomic E-state index is 0.117.